The van der Waals surface area contributed by atoms with Crippen molar-refractivity contribution >= 4 is 40.3 Å². The Morgan fingerprint density at radius 3 is 2.26 bits per heavy atom. The van der Waals surface area contributed by atoms with Crippen LogP contribution in [0.1, 0.15) is 51.4 Å². The summed E-state index contributed by atoms with van der Waals surface area (Å²) >= 11 is 1.24. The molecule has 0 saturated heterocycles. The highest BCUT2D eigenvalue weighted by Gasteiger charge is 2.45. The van der Waals surface area contributed by atoms with E-state index in [0.717, 1.165) is 17.0 Å². The summed E-state index contributed by atoms with van der Waals surface area (Å²) in [5, 5.41) is 14.3. The molecule has 0 spiro atoms. The number of aryl methyl sites for hydroxylation is 3. The van der Waals surface area contributed by atoms with E-state index in [-0.39, 0.29) is 11.5 Å². The van der Waals surface area contributed by atoms with Gasteiger partial charge in [0.05, 0.1) is 27.2 Å². The molecule has 0 fully saturated rings. The van der Waals surface area contributed by atoms with Crippen molar-refractivity contribution in [2.75, 3.05) is 10.2 Å². The second-order valence-corrected chi connectivity index (χ2v) is 9.34. The summed E-state index contributed by atoms with van der Waals surface area (Å²) in [7, 11) is 0. The summed E-state index contributed by atoms with van der Waals surface area (Å²) in [6, 6.07) is 13.6. The molecular weight excluding hydrogens is 450 g/mol. The van der Waals surface area contributed by atoms with Gasteiger partial charge in [-0.3, -0.25) is 19.3 Å². The minimum atomic E-state index is -0.806. The molecule has 7 nitrogen and oxygen atoms in total. The first-order chi connectivity index (χ1) is 16.2. The fourth-order valence-electron chi connectivity index (χ4n) is 4.13. The Hall–Kier alpha value is -3.78. The van der Waals surface area contributed by atoms with Crippen molar-refractivity contribution < 1.29 is 19.5 Å². The molecule has 2 aromatic carbocycles. The molecule has 2 amide bonds. The smallest absolute Gasteiger partial charge is 0.294 e. The lowest BCUT2D eigenvalue weighted by Crippen LogP contribution is -2.31. The number of hydrogen-bond donors (Lipinski definition) is 2. The van der Waals surface area contributed by atoms with E-state index in [1.54, 1.807) is 31.2 Å². The first-order valence-corrected chi connectivity index (χ1v) is 11.7. The number of aromatic nitrogens is 1. The number of hydrogen-bond acceptors (Lipinski definition) is 6. The van der Waals surface area contributed by atoms with Crippen molar-refractivity contribution in [3.63, 3.8) is 0 Å². The number of carbonyl (C=O) groups is 3. The Kier molecular flexibility index (Phi) is 6.34. The van der Waals surface area contributed by atoms with Crippen molar-refractivity contribution in [3.8, 4) is 0 Å². The van der Waals surface area contributed by atoms with Gasteiger partial charge in [0, 0.05) is 18.3 Å². The number of Topliss-reactive ketones (excluding diaryl/α,β-unsaturated/α-hetero) is 1. The van der Waals surface area contributed by atoms with Crippen LogP contribution in [0.5, 0.6) is 0 Å². The van der Waals surface area contributed by atoms with E-state index >= 15 is 0 Å². The van der Waals surface area contributed by atoms with E-state index in [2.05, 4.69) is 10.3 Å². The molecule has 1 aliphatic rings. The molecule has 0 bridgehead atoms. The maximum atomic E-state index is 13.6. The van der Waals surface area contributed by atoms with Crippen LogP contribution in [0.4, 0.5) is 11.4 Å². The lowest BCUT2D eigenvalue weighted by atomic mass is 9.94. The van der Waals surface area contributed by atoms with Gasteiger partial charge in [-0.2, -0.15) is 0 Å². The van der Waals surface area contributed by atoms with Gasteiger partial charge < -0.3 is 10.4 Å². The molecule has 174 valence electrons. The predicted octanol–water partition coefficient (Wildman–Crippen LogP) is 5.06. The Morgan fingerprint density at radius 1 is 1.09 bits per heavy atom. The molecule has 1 unspecified atom stereocenters. The molecule has 2 heterocycles. The summed E-state index contributed by atoms with van der Waals surface area (Å²) in [5.41, 5.74) is 3.51. The average molecular weight is 476 g/mol. The highest BCUT2D eigenvalue weighted by molar-refractivity contribution is 7.14. The van der Waals surface area contributed by atoms with Crippen molar-refractivity contribution in [1.29, 1.82) is 0 Å². The third-order valence-electron chi connectivity index (χ3n) is 5.73. The number of benzene rings is 2. The van der Waals surface area contributed by atoms with Gasteiger partial charge in [-0.1, -0.05) is 31.2 Å². The Balaban J connectivity index is 1.83. The molecule has 4 rings (SSSR count). The molecular formula is C26H25N3O4S. The molecule has 0 radical (unpaired) electrons. The van der Waals surface area contributed by atoms with Crippen LogP contribution in [0.2, 0.25) is 0 Å². The van der Waals surface area contributed by atoms with Gasteiger partial charge in [-0.05, 0) is 55.7 Å². The van der Waals surface area contributed by atoms with Crippen LogP contribution < -0.4 is 10.2 Å². The number of carbonyl (C=O) groups excluding carboxylic acids is 3. The van der Waals surface area contributed by atoms with Gasteiger partial charge in [0.25, 0.3) is 5.91 Å². The minimum absolute atomic E-state index is 0.0342. The molecule has 1 atom stereocenters. The fraction of sp³-hybridized carbons (Fsp3) is 0.231. The number of amides is 2. The molecule has 0 aliphatic carbocycles. The Labute approximate surface area is 201 Å². The summed E-state index contributed by atoms with van der Waals surface area (Å²) in [6.45, 7) is 7.02. The number of nitrogens with zero attached hydrogens (tertiary/aromatic N) is 2. The lowest BCUT2D eigenvalue weighted by molar-refractivity contribution is -0.117. The number of ketones is 1. The van der Waals surface area contributed by atoms with Crippen LogP contribution in [0.3, 0.4) is 0 Å². The van der Waals surface area contributed by atoms with Gasteiger partial charge in [-0.15, -0.1) is 11.3 Å². The average Bonchev–Trinajstić information content (AvgIpc) is 3.29. The van der Waals surface area contributed by atoms with Crippen molar-refractivity contribution in [3.05, 3.63) is 86.6 Å². The summed E-state index contributed by atoms with van der Waals surface area (Å²) in [4.78, 5) is 44.4. The van der Waals surface area contributed by atoms with Crippen LogP contribution in [0, 0.1) is 13.8 Å². The first kappa shape index (κ1) is 23.4. The van der Waals surface area contributed by atoms with Gasteiger partial charge in [0.15, 0.2) is 5.76 Å². The molecule has 0 saturated carbocycles. The molecule has 2 N–H and O–H groups in total. The van der Waals surface area contributed by atoms with Crippen LogP contribution in [0.15, 0.2) is 59.9 Å². The number of aliphatic hydroxyl groups is 1. The molecule has 8 heteroatoms. The Bertz CT molecular complexity index is 1310. The van der Waals surface area contributed by atoms with Crippen LogP contribution in [0.25, 0.3) is 0 Å². The van der Waals surface area contributed by atoms with E-state index < -0.39 is 23.5 Å². The molecule has 34 heavy (non-hydrogen) atoms. The number of thiazole rings is 1. The number of nitrogens with one attached hydrogen (secondary N) is 1. The standard InChI is InChI=1S/C26H25N3O4S/c1-5-17-6-8-18(9-7-17)22-21(23(31)25-14(2)27-16(4)34-25)24(32)26(33)29(22)20-12-10-19(11-13-20)28-15(3)30/h6-13,22,32H,5H2,1-4H3,(H,28,30). The van der Waals surface area contributed by atoms with Crippen molar-refractivity contribution in [2.24, 2.45) is 0 Å². The van der Waals surface area contributed by atoms with Gasteiger partial charge in [0.2, 0.25) is 11.7 Å². The van der Waals surface area contributed by atoms with E-state index in [9.17, 15) is 19.5 Å². The van der Waals surface area contributed by atoms with E-state index in [1.807, 2.05) is 38.1 Å². The third-order valence-corrected chi connectivity index (χ3v) is 6.80. The number of anilines is 2. The maximum Gasteiger partial charge on any atom is 0.294 e. The van der Waals surface area contributed by atoms with Gasteiger partial charge in [0.1, 0.15) is 0 Å². The Morgan fingerprint density at radius 2 is 1.74 bits per heavy atom. The van der Waals surface area contributed by atoms with Gasteiger partial charge in [-0.25, -0.2) is 4.98 Å². The van der Waals surface area contributed by atoms with E-state index in [4.69, 9.17) is 0 Å². The summed E-state index contributed by atoms with van der Waals surface area (Å²) in [5.74, 6) is -1.83. The highest BCUT2D eigenvalue weighted by atomic mass is 32.1. The summed E-state index contributed by atoms with van der Waals surface area (Å²) < 4.78 is 0. The van der Waals surface area contributed by atoms with Crippen LogP contribution in [-0.4, -0.2) is 27.7 Å². The highest BCUT2D eigenvalue weighted by Crippen LogP contribution is 2.43. The minimum Gasteiger partial charge on any atom is -0.503 e. The normalized spacial score (nSPS) is 15.7. The van der Waals surface area contributed by atoms with Gasteiger partial charge >= 0.3 is 0 Å². The number of rotatable bonds is 6. The summed E-state index contributed by atoms with van der Waals surface area (Å²) in [6.07, 6.45) is 0.852. The zero-order valence-corrected chi connectivity index (χ0v) is 20.2. The first-order valence-electron chi connectivity index (χ1n) is 10.9. The largest absolute Gasteiger partial charge is 0.503 e. The van der Waals surface area contributed by atoms with E-state index in [1.165, 1.54) is 23.2 Å². The quantitative estimate of drug-likeness (QED) is 0.485. The zero-order valence-electron chi connectivity index (χ0n) is 19.4. The fourth-order valence-corrected chi connectivity index (χ4v) is 5.00. The second-order valence-electron chi connectivity index (χ2n) is 8.14. The molecule has 3 aromatic rings. The topological polar surface area (TPSA) is 99.6 Å². The van der Waals surface area contributed by atoms with Crippen molar-refractivity contribution in [1.82, 2.24) is 4.98 Å². The molecule has 1 aromatic heterocycles. The monoisotopic (exact) mass is 475 g/mol. The maximum absolute atomic E-state index is 13.6. The van der Waals surface area contributed by atoms with E-state index in [0.29, 0.717) is 27.5 Å². The van der Waals surface area contributed by atoms with Crippen molar-refractivity contribution in [2.45, 2.75) is 40.2 Å². The zero-order chi connectivity index (χ0) is 24.6. The second kappa shape index (κ2) is 9.23. The number of aliphatic hydroxyl groups excluding tert-OH is 1. The van der Waals surface area contributed by atoms with Crippen LogP contribution in [-0.2, 0) is 16.0 Å². The molecule has 1 aliphatic heterocycles. The predicted molar refractivity (Wildman–Crippen MR) is 132 cm³/mol. The van der Waals surface area contributed by atoms with Crippen LogP contribution >= 0.6 is 11.3 Å². The third kappa shape index (κ3) is 4.24. The SMILES string of the molecule is CCc1ccc(C2C(C(=O)c3sc(C)nc3C)=C(O)C(=O)N2c2ccc(NC(C)=O)cc2)cc1. The lowest BCUT2D eigenvalue weighted by Gasteiger charge is -2.27.